The molecule has 0 N–H and O–H groups in total. The van der Waals surface area contributed by atoms with Crippen molar-refractivity contribution in [1.82, 2.24) is 0 Å². The lowest BCUT2D eigenvalue weighted by Crippen LogP contribution is -1.95. The van der Waals surface area contributed by atoms with E-state index >= 15 is 0 Å². The van der Waals surface area contributed by atoms with Gasteiger partial charge in [-0.1, -0.05) is 98.8 Å². The maximum Gasteiger partial charge on any atom is -0.00730 e. The topological polar surface area (TPSA) is 0 Å². The van der Waals surface area contributed by atoms with Gasteiger partial charge in [0.15, 0.2) is 0 Å². The molecule has 0 unspecified atom stereocenters. The van der Waals surface area contributed by atoms with E-state index in [1.807, 2.05) is 13.8 Å². The average Bonchev–Trinajstić information content (AvgIpc) is 2.72. The Labute approximate surface area is 157 Å². The molecule has 0 fully saturated rings. The second-order valence-electron chi connectivity index (χ2n) is 6.28. The molecular weight excluding hydrogens is 312 g/mol. The molecule has 0 nitrogen and oxygen atoms in total. The summed E-state index contributed by atoms with van der Waals surface area (Å²) in [7, 11) is 0. The van der Waals surface area contributed by atoms with E-state index in [1.165, 1.54) is 44.2 Å². The van der Waals surface area contributed by atoms with E-state index in [0.29, 0.717) is 0 Å². The molecule has 0 aliphatic rings. The van der Waals surface area contributed by atoms with E-state index < -0.39 is 0 Å². The number of rotatable bonds is 2. The van der Waals surface area contributed by atoms with Crippen molar-refractivity contribution in [2.45, 2.75) is 27.7 Å². The molecule has 26 heavy (non-hydrogen) atoms. The summed E-state index contributed by atoms with van der Waals surface area (Å²) in [5, 5.41) is 2.65. The molecule has 0 saturated heterocycles. The lowest BCUT2D eigenvalue weighted by Gasteiger charge is -2.19. The highest BCUT2D eigenvalue weighted by Gasteiger charge is 2.16. The van der Waals surface area contributed by atoms with Gasteiger partial charge in [-0.05, 0) is 58.0 Å². The number of hydrogen-bond acceptors (Lipinski definition) is 0. The second-order valence-corrected chi connectivity index (χ2v) is 6.28. The highest BCUT2D eigenvalue weighted by Crippen LogP contribution is 2.41. The number of benzene rings is 4. The molecule has 0 bridgehead atoms. The van der Waals surface area contributed by atoms with Gasteiger partial charge < -0.3 is 0 Å². The van der Waals surface area contributed by atoms with Gasteiger partial charge in [-0.25, -0.2) is 0 Å². The van der Waals surface area contributed by atoms with E-state index in [4.69, 9.17) is 0 Å². The van der Waals surface area contributed by atoms with Crippen molar-refractivity contribution in [3.05, 3.63) is 96.1 Å². The van der Waals surface area contributed by atoms with Crippen molar-refractivity contribution >= 4 is 10.8 Å². The summed E-state index contributed by atoms with van der Waals surface area (Å²) in [6.45, 7) is 8.49. The van der Waals surface area contributed by atoms with E-state index in [0.717, 1.165) is 0 Å². The van der Waals surface area contributed by atoms with Crippen LogP contribution in [0.3, 0.4) is 0 Å². The van der Waals surface area contributed by atoms with Crippen LogP contribution in [0.1, 0.15) is 25.0 Å². The normalized spacial score (nSPS) is 10.3. The first kappa shape index (κ1) is 17.9. The Kier molecular flexibility index (Phi) is 5.53. The van der Waals surface area contributed by atoms with Gasteiger partial charge in [-0.3, -0.25) is 0 Å². The lowest BCUT2D eigenvalue weighted by atomic mass is 9.85. The zero-order valence-electron chi connectivity index (χ0n) is 16.1. The average molecular weight is 338 g/mol. The van der Waals surface area contributed by atoms with E-state index in [1.54, 1.807) is 0 Å². The maximum absolute atomic E-state index is 2.25. The highest BCUT2D eigenvalue weighted by molar-refractivity contribution is 6.07. The van der Waals surface area contributed by atoms with Crippen LogP contribution in [0, 0.1) is 13.8 Å². The number of fused-ring (bicyclic) bond motifs is 1. The Balaban J connectivity index is 0.000000948. The molecule has 4 rings (SSSR count). The smallest absolute Gasteiger partial charge is 0.00730 e. The second kappa shape index (κ2) is 8.01. The maximum atomic E-state index is 2.25. The molecular formula is C26H26. The monoisotopic (exact) mass is 338 g/mol. The van der Waals surface area contributed by atoms with E-state index in [-0.39, 0.29) is 0 Å². The highest BCUT2D eigenvalue weighted by atomic mass is 14.2. The summed E-state index contributed by atoms with van der Waals surface area (Å²) in [6.07, 6.45) is 0. The predicted octanol–water partition coefficient (Wildman–Crippen LogP) is 7.82. The lowest BCUT2D eigenvalue weighted by molar-refractivity contribution is 1.36. The van der Waals surface area contributed by atoms with Crippen LogP contribution in [-0.4, -0.2) is 0 Å². The van der Waals surface area contributed by atoms with Crippen LogP contribution in [-0.2, 0) is 0 Å². The molecule has 4 aromatic rings. The minimum absolute atomic E-state index is 1.29. The Hall–Kier alpha value is -2.86. The summed E-state index contributed by atoms with van der Waals surface area (Å²) in [5.74, 6) is 0. The summed E-state index contributed by atoms with van der Waals surface area (Å²) < 4.78 is 0. The van der Waals surface area contributed by atoms with Crippen LogP contribution >= 0.6 is 0 Å². The fourth-order valence-electron chi connectivity index (χ4n) is 3.65. The molecule has 0 heterocycles. The Morgan fingerprint density at radius 3 is 1.08 bits per heavy atom. The molecule has 0 atom stereocenters. The fourth-order valence-corrected chi connectivity index (χ4v) is 3.65. The van der Waals surface area contributed by atoms with Crippen LogP contribution in [0.2, 0.25) is 0 Å². The molecule has 4 aromatic carbocycles. The quantitative estimate of drug-likeness (QED) is 0.349. The van der Waals surface area contributed by atoms with Crippen molar-refractivity contribution in [3.8, 4) is 22.3 Å². The van der Waals surface area contributed by atoms with Crippen LogP contribution < -0.4 is 0 Å². The zero-order valence-corrected chi connectivity index (χ0v) is 16.1. The van der Waals surface area contributed by atoms with Crippen molar-refractivity contribution in [2.24, 2.45) is 0 Å². The van der Waals surface area contributed by atoms with Crippen molar-refractivity contribution in [1.29, 1.82) is 0 Å². The van der Waals surface area contributed by atoms with Gasteiger partial charge in [0.1, 0.15) is 0 Å². The zero-order chi connectivity index (χ0) is 18.5. The molecule has 0 aliphatic heterocycles. The largest absolute Gasteiger partial charge is 0.0683 e. The van der Waals surface area contributed by atoms with Gasteiger partial charge in [0.05, 0.1) is 0 Å². The molecule has 0 aliphatic carbocycles. The van der Waals surface area contributed by atoms with Gasteiger partial charge in [0, 0.05) is 0 Å². The van der Waals surface area contributed by atoms with E-state index in [9.17, 15) is 0 Å². The number of hydrogen-bond donors (Lipinski definition) is 0. The van der Waals surface area contributed by atoms with E-state index in [2.05, 4.69) is 98.8 Å². The third-order valence-electron chi connectivity index (χ3n) is 4.90. The minimum atomic E-state index is 1.29. The molecule has 130 valence electrons. The van der Waals surface area contributed by atoms with Crippen LogP contribution in [0.4, 0.5) is 0 Å². The van der Waals surface area contributed by atoms with Gasteiger partial charge in [0.25, 0.3) is 0 Å². The molecule has 0 saturated carbocycles. The first-order chi connectivity index (χ1) is 12.8. The van der Waals surface area contributed by atoms with Gasteiger partial charge in [-0.15, -0.1) is 0 Å². The summed E-state index contributed by atoms with van der Waals surface area (Å²) >= 11 is 0. The van der Waals surface area contributed by atoms with Gasteiger partial charge in [-0.2, -0.15) is 0 Å². The van der Waals surface area contributed by atoms with Crippen LogP contribution in [0.25, 0.3) is 33.0 Å². The Morgan fingerprint density at radius 1 is 0.423 bits per heavy atom. The molecule has 0 radical (unpaired) electrons. The summed E-state index contributed by atoms with van der Waals surface area (Å²) in [6, 6.07) is 30.2. The first-order valence-corrected chi connectivity index (χ1v) is 9.40. The minimum Gasteiger partial charge on any atom is -0.0683 e. The fraction of sp³-hybridized carbons (Fsp3) is 0.154. The van der Waals surface area contributed by atoms with Gasteiger partial charge >= 0.3 is 0 Å². The predicted molar refractivity (Wildman–Crippen MR) is 116 cm³/mol. The van der Waals surface area contributed by atoms with Crippen molar-refractivity contribution in [3.63, 3.8) is 0 Å². The van der Waals surface area contributed by atoms with Crippen LogP contribution in [0.5, 0.6) is 0 Å². The van der Waals surface area contributed by atoms with Gasteiger partial charge in [0.2, 0.25) is 0 Å². The van der Waals surface area contributed by atoms with Crippen molar-refractivity contribution < 1.29 is 0 Å². The Bertz CT molecular complexity index is 912. The SMILES string of the molecule is CC.Cc1c(C)c(-c2ccccc2)c2ccccc2c1-c1ccccc1. The molecule has 0 spiro atoms. The summed E-state index contributed by atoms with van der Waals surface area (Å²) in [5.41, 5.74) is 7.99. The molecule has 0 amide bonds. The van der Waals surface area contributed by atoms with Crippen molar-refractivity contribution in [2.75, 3.05) is 0 Å². The third-order valence-corrected chi connectivity index (χ3v) is 4.90. The van der Waals surface area contributed by atoms with Crippen LogP contribution in [0.15, 0.2) is 84.9 Å². The first-order valence-electron chi connectivity index (χ1n) is 9.40. The molecule has 0 heteroatoms. The standard InChI is InChI=1S/C24H20.C2H6/c1-17-18(2)24(20-13-7-4-8-14-20)22-16-10-9-15-21(22)23(17)19-11-5-3-6-12-19;1-2/h3-16H,1-2H3;1-2H3. The Morgan fingerprint density at radius 2 is 0.731 bits per heavy atom. The summed E-state index contributed by atoms with van der Waals surface area (Å²) in [4.78, 5) is 0. The third kappa shape index (κ3) is 3.15. The molecule has 0 aromatic heterocycles.